The van der Waals surface area contributed by atoms with E-state index in [2.05, 4.69) is 25.8 Å². The Labute approximate surface area is 127 Å². The largest absolute Gasteiger partial charge is 0.483 e. The highest BCUT2D eigenvalue weighted by Crippen LogP contribution is 2.28. The number of hydrogen-bond acceptors (Lipinski definition) is 5. The molecule has 6 heteroatoms. The lowest BCUT2D eigenvalue weighted by atomic mass is 9.93. The standard InChI is InChI=1S/C15H19N3O2S/c1-15(2,3)11-8-21-12(18-11)7-20-13-9(14(17)19)5-4-6-10(13)16/h4-6,8H,7,16H2,1-3H3,(H2,17,19). The van der Waals surface area contributed by atoms with E-state index < -0.39 is 5.91 Å². The second kappa shape index (κ2) is 5.73. The van der Waals surface area contributed by atoms with Crippen molar-refractivity contribution in [3.8, 4) is 5.75 Å². The van der Waals surface area contributed by atoms with Gasteiger partial charge in [0.15, 0.2) is 5.75 Å². The van der Waals surface area contributed by atoms with Gasteiger partial charge in [-0.25, -0.2) is 4.98 Å². The van der Waals surface area contributed by atoms with Crippen LogP contribution in [0.15, 0.2) is 23.6 Å². The Kier molecular flexibility index (Phi) is 4.18. The maximum atomic E-state index is 11.4. The quantitative estimate of drug-likeness (QED) is 0.850. The third-order valence-electron chi connectivity index (χ3n) is 2.97. The minimum atomic E-state index is -0.563. The van der Waals surface area contributed by atoms with Crippen LogP contribution >= 0.6 is 11.3 Å². The summed E-state index contributed by atoms with van der Waals surface area (Å²) < 4.78 is 5.66. The lowest BCUT2D eigenvalue weighted by molar-refractivity contribution is 0.0996. The number of amides is 1. The molecule has 5 nitrogen and oxygen atoms in total. The van der Waals surface area contributed by atoms with Crippen molar-refractivity contribution in [2.24, 2.45) is 5.73 Å². The van der Waals surface area contributed by atoms with Gasteiger partial charge >= 0.3 is 0 Å². The smallest absolute Gasteiger partial charge is 0.252 e. The molecule has 0 atom stereocenters. The number of aromatic nitrogens is 1. The SMILES string of the molecule is CC(C)(C)c1csc(COc2c(N)cccc2C(N)=O)n1. The number of nitrogens with zero attached hydrogens (tertiary/aromatic N) is 1. The van der Waals surface area contributed by atoms with E-state index in [1.165, 1.54) is 11.3 Å². The molecule has 0 aliphatic heterocycles. The first kappa shape index (κ1) is 15.3. The summed E-state index contributed by atoms with van der Waals surface area (Å²) in [7, 11) is 0. The fourth-order valence-electron chi connectivity index (χ4n) is 1.77. The molecular weight excluding hydrogens is 286 g/mol. The highest BCUT2D eigenvalue weighted by atomic mass is 32.1. The number of nitrogen functional groups attached to an aromatic ring is 1. The highest BCUT2D eigenvalue weighted by molar-refractivity contribution is 7.09. The van der Waals surface area contributed by atoms with Gasteiger partial charge in [-0.05, 0) is 12.1 Å². The number of nitrogens with two attached hydrogens (primary N) is 2. The molecule has 1 aromatic heterocycles. The van der Waals surface area contributed by atoms with Gasteiger partial charge < -0.3 is 16.2 Å². The minimum Gasteiger partial charge on any atom is -0.483 e. The van der Waals surface area contributed by atoms with Crippen LogP contribution in [0, 0.1) is 0 Å². The molecule has 2 rings (SSSR count). The number of carbonyl (C=O) groups excluding carboxylic acids is 1. The number of rotatable bonds is 4. The third kappa shape index (κ3) is 3.52. The van der Waals surface area contributed by atoms with Crippen LogP contribution in [0.25, 0.3) is 0 Å². The van der Waals surface area contributed by atoms with Gasteiger partial charge in [-0.1, -0.05) is 26.8 Å². The van der Waals surface area contributed by atoms with Crippen molar-refractivity contribution in [3.63, 3.8) is 0 Å². The van der Waals surface area contributed by atoms with Gasteiger partial charge in [-0.3, -0.25) is 4.79 Å². The van der Waals surface area contributed by atoms with Crippen LogP contribution in [0.2, 0.25) is 0 Å². The fraction of sp³-hybridized carbons (Fsp3) is 0.333. The molecule has 2 aromatic rings. The summed E-state index contributed by atoms with van der Waals surface area (Å²) in [5, 5.41) is 2.85. The van der Waals surface area contributed by atoms with Gasteiger partial charge in [0, 0.05) is 10.8 Å². The molecule has 0 unspecified atom stereocenters. The lowest BCUT2D eigenvalue weighted by Crippen LogP contribution is -2.14. The summed E-state index contributed by atoms with van der Waals surface area (Å²) in [6.45, 7) is 6.57. The van der Waals surface area contributed by atoms with Crippen molar-refractivity contribution in [2.45, 2.75) is 32.8 Å². The molecule has 0 fully saturated rings. The molecule has 0 saturated heterocycles. The summed E-state index contributed by atoms with van der Waals surface area (Å²) in [4.78, 5) is 15.9. The predicted molar refractivity (Wildman–Crippen MR) is 84.5 cm³/mol. The Hall–Kier alpha value is -2.08. The molecule has 21 heavy (non-hydrogen) atoms. The second-order valence-corrected chi connectivity index (χ2v) is 6.70. The molecule has 0 saturated carbocycles. The first-order chi connectivity index (χ1) is 9.79. The van der Waals surface area contributed by atoms with E-state index in [4.69, 9.17) is 16.2 Å². The molecule has 4 N–H and O–H groups in total. The van der Waals surface area contributed by atoms with Crippen LogP contribution in [0.3, 0.4) is 0 Å². The van der Waals surface area contributed by atoms with E-state index in [-0.39, 0.29) is 17.6 Å². The predicted octanol–water partition coefficient (Wildman–Crippen LogP) is 2.70. The monoisotopic (exact) mass is 305 g/mol. The van der Waals surface area contributed by atoms with Crippen molar-refractivity contribution >= 4 is 22.9 Å². The summed E-state index contributed by atoms with van der Waals surface area (Å²) in [6, 6.07) is 4.93. The number of para-hydroxylation sites is 1. The minimum absolute atomic E-state index is 0.00108. The van der Waals surface area contributed by atoms with Gasteiger partial charge in [-0.15, -0.1) is 11.3 Å². The van der Waals surface area contributed by atoms with Crippen LogP contribution in [-0.4, -0.2) is 10.9 Å². The first-order valence-electron chi connectivity index (χ1n) is 6.55. The first-order valence-corrected chi connectivity index (χ1v) is 7.43. The van der Waals surface area contributed by atoms with Gasteiger partial charge in [0.2, 0.25) is 0 Å². The number of benzene rings is 1. The Balaban J connectivity index is 2.17. The van der Waals surface area contributed by atoms with Gasteiger partial charge in [0.25, 0.3) is 5.91 Å². The zero-order valence-corrected chi connectivity index (χ0v) is 13.2. The van der Waals surface area contributed by atoms with Gasteiger partial charge in [0.05, 0.1) is 16.9 Å². The molecule has 1 amide bonds. The molecule has 1 aromatic carbocycles. The molecule has 1 heterocycles. The maximum Gasteiger partial charge on any atom is 0.252 e. The molecule has 0 bridgehead atoms. The number of ether oxygens (including phenoxy) is 1. The average molecular weight is 305 g/mol. The summed E-state index contributed by atoms with van der Waals surface area (Å²) >= 11 is 1.52. The fourth-order valence-corrected chi connectivity index (χ4v) is 2.70. The van der Waals surface area contributed by atoms with E-state index in [9.17, 15) is 4.79 Å². The second-order valence-electron chi connectivity index (χ2n) is 5.75. The number of thiazole rings is 1. The van der Waals surface area contributed by atoms with E-state index in [0.717, 1.165) is 10.7 Å². The molecule has 0 aliphatic rings. The van der Waals surface area contributed by atoms with Crippen molar-refractivity contribution in [3.05, 3.63) is 39.8 Å². The molecular formula is C15H19N3O2S. The number of anilines is 1. The Morgan fingerprint density at radius 3 is 2.67 bits per heavy atom. The van der Waals surface area contributed by atoms with Crippen molar-refractivity contribution < 1.29 is 9.53 Å². The topological polar surface area (TPSA) is 91.2 Å². The summed E-state index contributed by atoms with van der Waals surface area (Å²) in [6.07, 6.45) is 0. The van der Waals surface area contributed by atoms with Gasteiger partial charge in [0.1, 0.15) is 11.6 Å². The number of carbonyl (C=O) groups is 1. The summed E-state index contributed by atoms with van der Waals surface area (Å²) in [5.41, 5.74) is 12.9. The van der Waals surface area contributed by atoms with Crippen LogP contribution in [-0.2, 0) is 12.0 Å². The summed E-state index contributed by atoms with van der Waals surface area (Å²) in [5.74, 6) is -0.246. The lowest BCUT2D eigenvalue weighted by Gasteiger charge is -2.14. The van der Waals surface area contributed by atoms with Crippen LogP contribution in [0.5, 0.6) is 5.75 Å². The molecule has 0 spiro atoms. The van der Waals surface area contributed by atoms with E-state index in [1.54, 1.807) is 18.2 Å². The molecule has 0 radical (unpaired) electrons. The van der Waals surface area contributed by atoms with Crippen molar-refractivity contribution in [1.82, 2.24) is 4.98 Å². The molecule has 0 aliphatic carbocycles. The number of primary amides is 1. The van der Waals surface area contributed by atoms with Crippen LogP contribution in [0.4, 0.5) is 5.69 Å². The number of hydrogen-bond donors (Lipinski definition) is 2. The zero-order chi connectivity index (χ0) is 15.6. The van der Waals surface area contributed by atoms with E-state index in [0.29, 0.717) is 11.4 Å². The third-order valence-corrected chi connectivity index (χ3v) is 3.79. The maximum absolute atomic E-state index is 11.4. The van der Waals surface area contributed by atoms with E-state index >= 15 is 0 Å². The van der Waals surface area contributed by atoms with Crippen molar-refractivity contribution in [1.29, 1.82) is 0 Å². The van der Waals surface area contributed by atoms with Gasteiger partial charge in [-0.2, -0.15) is 0 Å². The normalized spacial score (nSPS) is 11.4. The van der Waals surface area contributed by atoms with E-state index in [1.807, 2.05) is 5.38 Å². The average Bonchev–Trinajstić information content (AvgIpc) is 2.85. The highest BCUT2D eigenvalue weighted by Gasteiger charge is 2.18. The zero-order valence-electron chi connectivity index (χ0n) is 12.3. The van der Waals surface area contributed by atoms with Crippen LogP contribution in [0.1, 0.15) is 41.8 Å². The van der Waals surface area contributed by atoms with Crippen molar-refractivity contribution in [2.75, 3.05) is 5.73 Å². The Morgan fingerprint density at radius 2 is 2.10 bits per heavy atom. The Morgan fingerprint density at radius 1 is 1.38 bits per heavy atom. The Bertz CT molecular complexity index is 659. The van der Waals surface area contributed by atoms with Crippen LogP contribution < -0.4 is 16.2 Å². The molecule has 112 valence electrons.